The summed E-state index contributed by atoms with van der Waals surface area (Å²) in [6.07, 6.45) is 0.826. The molecule has 122 valence electrons. The third-order valence-corrected chi connectivity index (χ3v) is 5.16. The van der Waals surface area contributed by atoms with Crippen LogP contribution in [0.4, 0.5) is 0 Å². The Bertz CT molecular complexity index is 774. The molecule has 2 heteroatoms. The van der Waals surface area contributed by atoms with Gasteiger partial charge in [-0.05, 0) is 73.6 Å². The van der Waals surface area contributed by atoms with Crippen molar-refractivity contribution >= 4 is 0 Å². The van der Waals surface area contributed by atoms with Crippen molar-refractivity contribution in [2.24, 2.45) is 0 Å². The van der Waals surface area contributed by atoms with Gasteiger partial charge in [0.05, 0.1) is 0 Å². The van der Waals surface area contributed by atoms with E-state index in [-0.39, 0.29) is 5.41 Å². The molecule has 0 aromatic heterocycles. The van der Waals surface area contributed by atoms with Gasteiger partial charge in [0, 0.05) is 12.0 Å². The molecule has 1 N–H and O–H groups in total. The smallest absolute Gasteiger partial charge is 0.136 e. The second-order valence-corrected chi connectivity index (χ2v) is 7.85. The molecule has 1 aliphatic rings. The molecule has 0 fully saturated rings. The molecule has 1 atom stereocenters. The van der Waals surface area contributed by atoms with Gasteiger partial charge in [0.2, 0.25) is 0 Å². The maximum atomic E-state index is 10.5. The van der Waals surface area contributed by atoms with Gasteiger partial charge in [0.15, 0.2) is 0 Å². The number of ether oxygens (including phenoxy) is 1. The first-order chi connectivity index (χ1) is 10.6. The van der Waals surface area contributed by atoms with Crippen molar-refractivity contribution in [3.8, 4) is 11.5 Å². The topological polar surface area (TPSA) is 29.5 Å². The average Bonchev–Trinajstić information content (AvgIpc) is 2.40. The van der Waals surface area contributed by atoms with Crippen LogP contribution in [0, 0.1) is 20.8 Å². The number of phenolic OH excluding ortho intramolecular Hbond substituents is 1. The van der Waals surface area contributed by atoms with Gasteiger partial charge in [0.25, 0.3) is 0 Å². The van der Waals surface area contributed by atoms with Crippen molar-refractivity contribution in [1.82, 2.24) is 0 Å². The van der Waals surface area contributed by atoms with Crippen LogP contribution in [0.5, 0.6) is 11.5 Å². The molecule has 0 spiro atoms. The van der Waals surface area contributed by atoms with Crippen LogP contribution in [-0.2, 0) is 11.0 Å². The minimum atomic E-state index is -0.535. The maximum absolute atomic E-state index is 10.5. The summed E-state index contributed by atoms with van der Waals surface area (Å²) in [5, 5.41) is 10.5. The van der Waals surface area contributed by atoms with Crippen molar-refractivity contribution in [3.63, 3.8) is 0 Å². The normalized spacial score (nSPS) is 22.3. The molecule has 0 saturated heterocycles. The molecule has 1 heterocycles. The van der Waals surface area contributed by atoms with E-state index in [0.29, 0.717) is 5.75 Å². The molecule has 0 bridgehead atoms. The molecular formula is C21H26O2. The summed E-state index contributed by atoms with van der Waals surface area (Å²) in [6, 6.07) is 10.3. The number of phenols is 1. The second-order valence-electron chi connectivity index (χ2n) is 7.85. The van der Waals surface area contributed by atoms with E-state index < -0.39 is 5.60 Å². The van der Waals surface area contributed by atoms with Crippen molar-refractivity contribution in [1.29, 1.82) is 0 Å². The van der Waals surface area contributed by atoms with E-state index in [1.54, 1.807) is 0 Å². The fourth-order valence-corrected chi connectivity index (χ4v) is 3.87. The van der Waals surface area contributed by atoms with Crippen LogP contribution < -0.4 is 4.74 Å². The zero-order valence-corrected chi connectivity index (χ0v) is 14.9. The van der Waals surface area contributed by atoms with E-state index in [1.807, 2.05) is 13.0 Å². The van der Waals surface area contributed by atoms with E-state index >= 15 is 0 Å². The first kappa shape index (κ1) is 15.9. The summed E-state index contributed by atoms with van der Waals surface area (Å²) in [6.45, 7) is 12.8. The highest BCUT2D eigenvalue weighted by Gasteiger charge is 2.44. The lowest BCUT2D eigenvalue weighted by molar-refractivity contribution is 0.0303. The summed E-state index contributed by atoms with van der Waals surface area (Å²) >= 11 is 0. The van der Waals surface area contributed by atoms with Gasteiger partial charge in [-0.15, -0.1) is 0 Å². The molecule has 2 nitrogen and oxygen atoms in total. The Morgan fingerprint density at radius 1 is 0.913 bits per heavy atom. The molecule has 1 unspecified atom stereocenters. The van der Waals surface area contributed by atoms with E-state index in [2.05, 4.69) is 58.9 Å². The zero-order chi connectivity index (χ0) is 17.0. The molecule has 2 aromatic rings. The number of aromatic hydroxyl groups is 1. The number of benzene rings is 2. The molecule has 2 aromatic carbocycles. The van der Waals surface area contributed by atoms with Crippen LogP contribution in [-0.4, -0.2) is 5.11 Å². The Balaban J connectivity index is 2.16. The Morgan fingerprint density at radius 3 is 2.26 bits per heavy atom. The first-order valence-corrected chi connectivity index (χ1v) is 8.23. The summed E-state index contributed by atoms with van der Waals surface area (Å²) in [4.78, 5) is 0. The molecule has 0 amide bonds. The van der Waals surface area contributed by atoms with Gasteiger partial charge in [-0.25, -0.2) is 0 Å². The third-order valence-electron chi connectivity index (χ3n) is 5.16. The first-order valence-electron chi connectivity index (χ1n) is 8.23. The third kappa shape index (κ3) is 2.60. The van der Waals surface area contributed by atoms with Gasteiger partial charge in [-0.3, -0.25) is 0 Å². The highest BCUT2D eigenvalue weighted by atomic mass is 16.5. The van der Waals surface area contributed by atoms with Crippen LogP contribution in [0.15, 0.2) is 30.3 Å². The Morgan fingerprint density at radius 2 is 1.57 bits per heavy atom. The van der Waals surface area contributed by atoms with Gasteiger partial charge in [-0.1, -0.05) is 26.0 Å². The lowest BCUT2D eigenvalue weighted by atomic mass is 9.70. The summed E-state index contributed by atoms with van der Waals surface area (Å²) < 4.78 is 6.44. The molecule has 1 aliphatic heterocycles. The average molecular weight is 310 g/mol. The molecule has 0 radical (unpaired) electrons. The van der Waals surface area contributed by atoms with E-state index in [4.69, 9.17) is 4.74 Å². The number of hydrogen-bond donors (Lipinski definition) is 1. The van der Waals surface area contributed by atoms with Crippen LogP contribution in [0.3, 0.4) is 0 Å². The Labute approximate surface area is 139 Å². The minimum absolute atomic E-state index is 0.0126. The van der Waals surface area contributed by atoms with Crippen LogP contribution >= 0.6 is 0 Å². The number of rotatable bonds is 1. The van der Waals surface area contributed by atoms with Gasteiger partial charge >= 0.3 is 0 Å². The fourth-order valence-electron chi connectivity index (χ4n) is 3.87. The fraction of sp³-hybridized carbons (Fsp3) is 0.429. The predicted octanol–water partition coefficient (Wildman–Crippen LogP) is 5.29. The summed E-state index contributed by atoms with van der Waals surface area (Å²) in [7, 11) is 0. The highest BCUT2D eigenvalue weighted by molar-refractivity contribution is 5.49. The molecule has 23 heavy (non-hydrogen) atoms. The van der Waals surface area contributed by atoms with Crippen molar-refractivity contribution in [2.75, 3.05) is 0 Å². The predicted molar refractivity (Wildman–Crippen MR) is 94.4 cm³/mol. The summed E-state index contributed by atoms with van der Waals surface area (Å²) in [5.41, 5.74) is 5.03. The largest absolute Gasteiger partial charge is 0.508 e. The molecular weight excluding hydrogens is 284 g/mol. The van der Waals surface area contributed by atoms with E-state index in [0.717, 1.165) is 23.3 Å². The minimum Gasteiger partial charge on any atom is -0.508 e. The monoisotopic (exact) mass is 310 g/mol. The SMILES string of the molecule is Cc1ccc2c(c1)OC(C)(c1cc(C)c(C)cc1O)CC2(C)C. The van der Waals surface area contributed by atoms with Gasteiger partial charge in [-0.2, -0.15) is 0 Å². The van der Waals surface area contributed by atoms with Gasteiger partial charge < -0.3 is 9.84 Å². The number of hydrogen-bond acceptors (Lipinski definition) is 2. The Hall–Kier alpha value is -1.96. The van der Waals surface area contributed by atoms with Crippen molar-refractivity contribution < 1.29 is 9.84 Å². The van der Waals surface area contributed by atoms with Crippen molar-refractivity contribution in [2.45, 2.75) is 59.0 Å². The van der Waals surface area contributed by atoms with E-state index in [1.165, 1.54) is 16.7 Å². The second kappa shape index (κ2) is 5.02. The zero-order valence-electron chi connectivity index (χ0n) is 14.9. The standard InChI is InChI=1S/C21H26O2/c1-13-7-8-16-19(9-13)23-21(6,12-20(16,4)5)17-10-14(2)15(3)11-18(17)22/h7-11,22H,12H2,1-6H3. The lowest BCUT2D eigenvalue weighted by Crippen LogP contribution is -2.41. The maximum Gasteiger partial charge on any atom is 0.136 e. The number of aryl methyl sites for hydroxylation is 3. The van der Waals surface area contributed by atoms with Crippen LogP contribution in [0.2, 0.25) is 0 Å². The Kier molecular flexibility index (Phi) is 3.47. The highest BCUT2D eigenvalue weighted by Crippen LogP contribution is 2.50. The number of fused-ring (bicyclic) bond motifs is 1. The van der Waals surface area contributed by atoms with Crippen molar-refractivity contribution in [3.05, 3.63) is 58.1 Å². The van der Waals surface area contributed by atoms with Crippen LogP contribution in [0.25, 0.3) is 0 Å². The molecule has 0 saturated carbocycles. The molecule has 0 aliphatic carbocycles. The summed E-state index contributed by atoms with van der Waals surface area (Å²) in [5.74, 6) is 1.25. The van der Waals surface area contributed by atoms with Gasteiger partial charge in [0.1, 0.15) is 17.1 Å². The lowest BCUT2D eigenvalue weighted by Gasteiger charge is -2.45. The van der Waals surface area contributed by atoms with E-state index in [9.17, 15) is 5.11 Å². The molecule has 3 rings (SSSR count). The van der Waals surface area contributed by atoms with Crippen LogP contribution in [0.1, 0.15) is 55.0 Å². The quantitative estimate of drug-likeness (QED) is 0.775.